The van der Waals surface area contributed by atoms with E-state index in [-0.39, 0.29) is 36.2 Å². The summed E-state index contributed by atoms with van der Waals surface area (Å²) in [5.74, 6) is -1.28. The third-order valence-corrected chi connectivity index (χ3v) is 7.64. The fourth-order valence-electron chi connectivity index (χ4n) is 5.80. The van der Waals surface area contributed by atoms with Gasteiger partial charge >= 0.3 is 12.1 Å². The molecule has 1 saturated carbocycles. The van der Waals surface area contributed by atoms with Gasteiger partial charge in [-0.2, -0.15) is 0 Å². The summed E-state index contributed by atoms with van der Waals surface area (Å²) in [4.78, 5) is 39.0. The van der Waals surface area contributed by atoms with Crippen molar-refractivity contribution in [1.82, 2.24) is 10.2 Å². The molecule has 2 aromatic carbocycles. The van der Waals surface area contributed by atoms with Crippen LogP contribution in [0.1, 0.15) is 29.9 Å². The van der Waals surface area contributed by atoms with Crippen molar-refractivity contribution in [2.75, 3.05) is 33.4 Å². The van der Waals surface area contributed by atoms with Gasteiger partial charge in [0, 0.05) is 39.1 Å². The van der Waals surface area contributed by atoms with E-state index in [1.54, 1.807) is 12.0 Å². The molecule has 0 radical (unpaired) electrons. The third-order valence-electron chi connectivity index (χ3n) is 7.64. The number of carboxylic acids is 1. The second-order valence-electron chi connectivity index (χ2n) is 9.57. The average Bonchev–Trinajstić information content (AvgIpc) is 3.52. The van der Waals surface area contributed by atoms with Crippen molar-refractivity contribution >= 4 is 18.0 Å². The van der Waals surface area contributed by atoms with E-state index < -0.39 is 18.1 Å². The van der Waals surface area contributed by atoms with E-state index in [4.69, 9.17) is 9.47 Å². The van der Waals surface area contributed by atoms with Crippen LogP contribution < -0.4 is 5.32 Å². The van der Waals surface area contributed by atoms with Gasteiger partial charge < -0.3 is 24.8 Å². The molecule has 3 aliphatic rings. The number of hydrogen-bond acceptors (Lipinski definition) is 5. The van der Waals surface area contributed by atoms with E-state index in [1.165, 1.54) is 0 Å². The van der Waals surface area contributed by atoms with E-state index in [0.29, 0.717) is 32.5 Å². The Morgan fingerprint density at radius 3 is 2.34 bits per heavy atom. The van der Waals surface area contributed by atoms with Crippen LogP contribution in [0.4, 0.5) is 4.79 Å². The van der Waals surface area contributed by atoms with Crippen LogP contribution in [0.5, 0.6) is 0 Å². The minimum absolute atomic E-state index is 0.00253. The zero-order valence-corrected chi connectivity index (χ0v) is 19.7. The molecular formula is C27H30N2O6. The molecule has 1 heterocycles. The van der Waals surface area contributed by atoms with Gasteiger partial charge in [0.15, 0.2) is 0 Å². The number of nitrogens with one attached hydrogen (secondary N) is 1. The summed E-state index contributed by atoms with van der Waals surface area (Å²) in [6.07, 6.45) is 0.341. The van der Waals surface area contributed by atoms with Crippen LogP contribution in [-0.2, 0) is 19.1 Å². The summed E-state index contributed by atoms with van der Waals surface area (Å²) >= 11 is 0. The molecule has 2 unspecified atom stereocenters. The highest BCUT2D eigenvalue weighted by Gasteiger charge is 2.57. The molecule has 0 bridgehead atoms. The number of rotatable bonds is 8. The maximum absolute atomic E-state index is 13.2. The Morgan fingerprint density at radius 2 is 1.71 bits per heavy atom. The smallest absolute Gasteiger partial charge is 0.407 e. The molecule has 1 aliphatic heterocycles. The maximum Gasteiger partial charge on any atom is 0.407 e. The van der Waals surface area contributed by atoms with Gasteiger partial charge in [-0.1, -0.05) is 48.5 Å². The Labute approximate surface area is 204 Å². The number of methoxy groups -OCH3 is 1. The number of fused-ring (bicyclic) bond motifs is 4. The monoisotopic (exact) mass is 478 g/mol. The number of nitrogens with zero attached hydrogens (tertiary/aromatic N) is 1. The van der Waals surface area contributed by atoms with Crippen LogP contribution in [0, 0.1) is 17.8 Å². The van der Waals surface area contributed by atoms with Gasteiger partial charge in [-0.25, -0.2) is 4.79 Å². The molecule has 5 rings (SSSR count). The minimum atomic E-state index is -0.790. The molecule has 2 aromatic rings. The summed E-state index contributed by atoms with van der Waals surface area (Å²) < 4.78 is 10.8. The van der Waals surface area contributed by atoms with Gasteiger partial charge in [0.25, 0.3) is 0 Å². The summed E-state index contributed by atoms with van der Waals surface area (Å²) in [7, 11) is 1.54. The van der Waals surface area contributed by atoms with Crippen LogP contribution >= 0.6 is 0 Å². The molecule has 0 aromatic heterocycles. The topological polar surface area (TPSA) is 105 Å². The highest BCUT2D eigenvalue weighted by molar-refractivity contribution is 5.86. The van der Waals surface area contributed by atoms with Crippen LogP contribution in [0.3, 0.4) is 0 Å². The maximum atomic E-state index is 13.2. The standard InChI is InChI=1S/C27H30N2O6/c1-34-13-11-23(25(30)29-12-10-20-21(14-29)24(20)26(31)32)28-27(33)35-15-22-18-8-4-2-6-16(18)17-7-3-5-9-19(17)22/h2-9,20-24H,10-15H2,1H3,(H,28,33)(H,31,32)/t20-,21+,23?,24?/m0/s1. The number of carboxylic acid groups (broad SMARTS) is 1. The highest BCUT2D eigenvalue weighted by atomic mass is 16.5. The van der Waals surface area contributed by atoms with Crippen LogP contribution in [0.15, 0.2) is 48.5 Å². The second kappa shape index (κ2) is 9.70. The van der Waals surface area contributed by atoms with Crippen LogP contribution in [0.2, 0.25) is 0 Å². The van der Waals surface area contributed by atoms with Gasteiger partial charge in [-0.15, -0.1) is 0 Å². The number of hydrogen-bond donors (Lipinski definition) is 2. The zero-order valence-electron chi connectivity index (χ0n) is 19.7. The van der Waals surface area contributed by atoms with E-state index in [0.717, 1.165) is 22.3 Å². The fraction of sp³-hybridized carbons (Fsp3) is 0.444. The Balaban J connectivity index is 1.22. The molecule has 8 heteroatoms. The van der Waals surface area contributed by atoms with Gasteiger partial charge in [-0.3, -0.25) is 9.59 Å². The Kier molecular flexibility index (Phi) is 6.47. The van der Waals surface area contributed by atoms with Crippen molar-refractivity contribution in [3.8, 4) is 11.1 Å². The molecule has 184 valence electrons. The van der Waals surface area contributed by atoms with Gasteiger partial charge in [0.05, 0.1) is 5.92 Å². The lowest BCUT2D eigenvalue weighted by Crippen LogP contribution is -2.51. The van der Waals surface area contributed by atoms with Crippen LogP contribution in [-0.4, -0.2) is 67.4 Å². The summed E-state index contributed by atoms with van der Waals surface area (Å²) in [5.41, 5.74) is 4.53. The number of carbonyl (C=O) groups excluding carboxylic acids is 2. The van der Waals surface area contributed by atoms with Gasteiger partial charge in [0.1, 0.15) is 12.6 Å². The molecule has 2 fully saturated rings. The lowest BCUT2D eigenvalue weighted by atomic mass is 9.98. The number of amides is 2. The molecule has 35 heavy (non-hydrogen) atoms. The first kappa shape index (κ1) is 23.4. The van der Waals surface area contributed by atoms with Crippen molar-refractivity contribution in [1.29, 1.82) is 0 Å². The first-order valence-corrected chi connectivity index (χ1v) is 12.1. The largest absolute Gasteiger partial charge is 0.481 e. The molecule has 8 nitrogen and oxygen atoms in total. The molecule has 2 amide bonds. The average molecular weight is 479 g/mol. The summed E-state index contributed by atoms with van der Waals surface area (Å²) in [6, 6.07) is 15.4. The number of benzene rings is 2. The van der Waals surface area contributed by atoms with E-state index >= 15 is 0 Å². The Morgan fingerprint density at radius 1 is 1.06 bits per heavy atom. The quantitative estimate of drug-likeness (QED) is 0.604. The number of aliphatic carboxylic acids is 1. The minimum Gasteiger partial charge on any atom is -0.481 e. The third kappa shape index (κ3) is 4.50. The molecule has 2 aliphatic carbocycles. The van der Waals surface area contributed by atoms with Gasteiger partial charge in [-0.05, 0) is 40.5 Å². The van der Waals surface area contributed by atoms with Crippen molar-refractivity contribution in [2.45, 2.75) is 24.8 Å². The van der Waals surface area contributed by atoms with E-state index in [1.807, 2.05) is 24.3 Å². The second-order valence-corrected chi connectivity index (χ2v) is 9.57. The number of alkyl carbamates (subject to hydrolysis) is 1. The normalized spacial score (nSPS) is 23.0. The predicted molar refractivity (Wildman–Crippen MR) is 128 cm³/mol. The molecule has 1 saturated heterocycles. The first-order valence-electron chi connectivity index (χ1n) is 12.1. The number of ether oxygens (including phenoxy) is 2. The van der Waals surface area contributed by atoms with Crippen molar-refractivity contribution in [3.05, 3.63) is 59.7 Å². The summed E-state index contributed by atoms with van der Waals surface area (Å²) in [6.45, 7) is 1.38. The highest BCUT2D eigenvalue weighted by Crippen LogP contribution is 2.51. The fourth-order valence-corrected chi connectivity index (χ4v) is 5.80. The van der Waals surface area contributed by atoms with Crippen molar-refractivity contribution in [3.63, 3.8) is 0 Å². The Hall–Kier alpha value is -3.39. The van der Waals surface area contributed by atoms with Gasteiger partial charge in [0.2, 0.25) is 5.91 Å². The number of likely N-dealkylation sites (tertiary alicyclic amines) is 1. The van der Waals surface area contributed by atoms with Crippen molar-refractivity contribution < 1.29 is 29.0 Å². The lowest BCUT2D eigenvalue weighted by Gasteiger charge is -2.30. The molecule has 4 atom stereocenters. The predicted octanol–water partition coefficient (Wildman–Crippen LogP) is 3.11. The van der Waals surface area contributed by atoms with Crippen LogP contribution in [0.25, 0.3) is 11.1 Å². The van der Waals surface area contributed by atoms with E-state index in [2.05, 4.69) is 29.6 Å². The number of carbonyl (C=O) groups is 3. The first-order chi connectivity index (χ1) is 17.0. The number of piperidine rings is 1. The van der Waals surface area contributed by atoms with E-state index in [9.17, 15) is 19.5 Å². The summed E-state index contributed by atoms with van der Waals surface area (Å²) in [5, 5.41) is 12.1. The van der Waals surface area contributed by atoms with Crippen molar-refractivity contribution in [2.24, 2.45) is 17.8 Å². The Bertz CT molecular complexity index is 1090. The molecular weight excluding hydrogens is 448 g/mol. The zero-order chi connectivity index (χ0) is 24.5. The SMILES string of the molecule is COCCC(NC(=O)OCC1c2ccccc2-c2ccccc21)C(=O)N1CC[C@@H]2C(C(=O)O)[C@@H]2C1. The lowest BCUT2D eigenvalue weighted by molar-refractivity contribution is -0.139. The molecule has 2 N–H and O–H groups in total. The molecule has 0 spiro atoms.